The molecule has 0 N–H and O–H groups in total. The topological polar surface area (TPSA) is 15.6 Å². The molecule has 31 heavy (non-hydrogen) atoms. The summed E-state index contributed by atoms with van der Waals surface area (Å²) in [7, 11) is 0. The summed E-state index contributed by atoms with van der Waals surface area (Å²) in [4.78, 5) is 5.46. The van der Waals surface area contributed by atoms with Crippen molar-refractivity contribution in [2.24, 2.45) is 16.8 Å². The van der Waals surface area contributed by atoms with E-state index in [4.69, 9.17) is 11.6 Å². The Kier molecular flexibility index (Phi) is 7.47. The van der Waals surface area contributed by atoms with Crippen LogP contribution in [0.1, 0.15) is 12.0 Å². The number of aliphatic imine (C=N–C) groups is 1. The first kappa shape index (κ1) is 23.8. The van der Waals surface area contributed by atoms with Crippen molar-refractivity contribution < 1.29 is 26.3 Å². The molecule has 10 heteroatoms. The van der Waals surface area contributed by atoms with E-state index in [9.17, 15) is 26.3 Å². The first-order valence-electron chi connectivity index (χ1n) is 9.42. The molecule has 3 rings (SSSR count). The van der Waals surface area contributed by atoms with E-state index < -0.39 is 43.7 Å². The fourth-order valence-electron chi connectivity index (χ4n) is 3.29. The number of halogens is 7. The van der Waals surface area contributed by atoms with Gasteiger partial charge < -0.3 is 4.90 Å². The van der Waals surface area contributed by atoms with E-state index in [1.807, 2.05) is 18.2 Å². The Morgan fingerprint density at radius 2 is 1.45 bits per heavy atom. The first-order chi connectivity index (χ1) is 14.5. The lowest BCUT2D eigenvalue weighted by atomic mass is 9.88. The third-order valence-electron chi connectivity index (χ3n) is 4.93. The maximum absolute atomic E-state index is 13.4. The molecule has 1 saturated heterocycles. The highest BCUT2D eigenvalue weighted by Crippen LogP contribution is 2.42. The van der Waals surface area contributed by atoms with E-state index in [-0.39, 0.29) is 15.9 Å². The van der Waals surface area contributed by atoms with Gasteiger partial charge in [0.15, 0.2) is 5.17 Å². The first-order valence-corrected chi connectivity index (χ1v) is 10.8. The van der Waals surface area contributed by atoms with Crippen LogP contribution in [-0.4, -0.2) is 35.5 Å². The second-order valence-corrected chi connectivity index (χ2v) is 8.59. The average molecular weight is 481 g/mol. The Morgan fingerprint density at radius 3 is 2.00 bits per heavy atom. The van der Waals surface area contributed by atoms with Crippen molar-refractivity contribution in [3.8, 4) is 0 Å². The fraction of sp³-hybridized carbons (Fsp3) is 0.381. The number of hydrogen-bond donors (Lipinski definition) is 0. The molecule has 2 nitrogen and oxygen atoms in total. The molecule has 0 aromatic heterocycles. The molecule has 1 aliphatic heterocycles. The van der Waals surface area contributed by atoms with Gasteiger partial charge in [0.2, 0.25) is 0 Å². The summed E-state index contributed by atoms with van der Waals surface area (Å²) in [6.07, 6.45) is -10.4. The van der Waals surface area contributed by atoms with Gasteiger partial charge in [-0.25, -0.2) is 4.99 Å². The number of amidine groups is 1. The Labute approximate surface area is 185 Å². The maximum atomic E-state index is 13.4. The Hall–Kier alpha value is -1.87. The summed E-state index contributed by atoms with van der Waals surface area (Å²) >= 11 is 7.22. The van der Waals surface area contributed by atoms with Crippen LogP contribution in [0, 0.1) is 11.8 Å². The minimum Gasteiger partial charge on any atom is -0.350 e. The van der Waals surface area contributed by atoms with Gasteiger partial charge in [-0.05, 0) is 24.1 Å². The third-order valence-corrected chi connectivity index (χ3v) is 6.33. The molecule has 1 heterocycles. The van der Waals surface area contributed by atoms with Crippen LogP contribution in [0.25, 0.3) is 0 Å². The van der Waals surface area contributed by atoms with Gasteiger partial charge in [0.1, 0.15) is 0 Å². The number of nitrogens with zero attached hydrogens (tertiary/aromatic N) is 2. The normalized spacial score (nSPS) is 20.7. The van der Waals surface area contributed by atoms with Crippen molar-refractivity contribution in [1.29, 1.82) is 0 Å². The van der Waals surface area contributed by atoms with Crippen molar-refractivity contribution >= 4 is 34.2 Å². The number of para-hydroxylation sites is 1. The zero-order valence-corrected chi connectivity index (χ0v) is 17.7. The minimum atomic E-state index is -4.73. The molecule has 0 aliphatic carbocycles. The van der Waals surface area contributed by atoms with Gasteiger partial charge in [-0.2, -0.15) is 26.3 Å². The van der Waals surface area contributed by atoms with Crippen molar-refractivity contribution in [3.63, 3.8) is 0 Å². The number of benzene rings is 2. The second-order valence-electron chi connectivity index (χ2n) is 7.24. The Morgan fingerprint density at radius 1 is 0.903 bits per heavy atom. The van der Waals surface area contributed by atoms with Gasteiger partial charge in [-0.15, -0.1) is 0 Å². The number of piperidine rings is 1. The molecular formula is C21H19ClF6N2S. The lowest BCUT2D eigenvalue weighted by Crippen LogP contribution is -2.51. The molecule has 2 aromatic carbocycles. The molecule has 0 radical (unpaired) electrons. The highest BCUT2D eigenvalue weighted by atomic mass is 35.5. The van der Waals surface area contributed by atoms with Gasteiger partial charge in [0.05, 0.1) is 22.5 Å². The summed E-state index contributed by atoms with van der Waals surface area (Å²) < 4.78 is 80.5. The number of hydrogen-bond acceptors (Lipinski definition) is 2. The van der Waals surface area contributed by atoms with Crippen LogP contribution in [-0.2, 0) is 5.75 Å². The van der Waals surface area contributed by atoms with E-state index >= 15 is 0 Å². The smallest absolute Gasteiger partial charge is 0.350 e. The van der Waals surface area contributed by atoms with Crippen LogP contribution in [0.15, 0.2) is 59.6 Å². The van der Waals surface area contributed by atoms with E-state index in [1.165, 1.54) is 0 Å². The highest BCUT2D eigenvalue weighted by Gasteiger charge is 2.52. The predicted octanol–water partition coefficient (Wildman–Crippen LogP) is 7.32. The Balaban J connectivity index is 1.94. The van der Waals surface area contributed by atoms with E-state index in [0.29, 0.717) is 5.75 Å². The monoisotopic (exact) mass is 480 g/mol. The summed E-state index contributed by atoms with van der Waals surface area (Å²) in [6.45, 7) is -1.16. The molecule has 0 amide bonds. The standard InChI is InChI=1S/C21H19ClF6N2S/c22-17-8-4-5-9-18(17)29-19(31-13-14-6-2-1-3-7-14)30-11-15(20(23,24)25)10-16(12-30)21(26,27)28/h1-9,15-16H,10-13H2/t15-,16-/m0/s1. The minimum absolute atomic E-state index is 0.0835. The largest absolute Gasteiger partial charge is 0.393 e. The predicted molar refractivity (Wildman–Crippen MR) is 112 cm³/mol. The van der Waals surface area contributed by atoms with Gasteiger partial charge >= 0.3 is 12.4 Å². The highest BCUT2D eigenvalue weighted by molar-refractivity contribution is 8.13. The summed E-state index contributed by atoms with van der Waals surface area (Å²) in [5, 5.41) is 0.345. The Bertz CT molecular complexity index is 879. The van der Waals surface area contributed by atoms with Gasteiger partial charge in [0.25, 0.3) is 0 Å². The van der Waals surface area contributed by atoms with Gasteiger partial charge in [-0.3, -0.25) is 0 Å². The molecule has 1 aliphatic rings. The van der Waals surface area contributed by atoms with Crippen LogP contribution in [0.4, 0.5) is 32.0 Å². The van der Waals surface area contributed by atoms with E-state index in [0.717, 1.165) is 22.2 Å². The molecular weight excluding hydrogens is 462 g/mol. The van der Waals surface area contributed by atoms with Crippen molar-refractivity contribution in [2.75, 3.05) is 13.1 Å². The number of thioether (sulfide) groups is 1. The summed E-state index contributed by atoms with van der Waals surface area (Å²) in [6, 6.07) is 15.5. The van der Waals surface area contributed by atoms with Crippen LogP contribution in [0.5, 0.6) is 0 Å². The zero-order valence-electron chi connectivity index (χ0n) is 16.1. The third kappa shape index (κ3) is 6.55. The average Bonchev–Trinajstić information content (AvgIpc) is 2.71. The van der Waals surface area contributed by atoms with Crippen molar-refractivity contribution in [3.05, 3.63) is 65.2 Å². The lowest BCUT2D eigenvalue weighted by molar-refractivity contribution is -0.225. The molecule has 2 atom stereocenters. The van der Waals surface area contributed by atoms with E-state index in [2.05, 4.69) is 4.99 Å². The molecule has 168 valence electrons. The zero-order chi connectivity index (χ0) is 22.6. The van der Waals surface area contributed by atoms with Crippen LogP contribution in [0.2, 0.25) is 5.02 Å². The molecule has 0 bridgehead atoms. The van der Waals surface area contributed by atoms with Crippen LogP contribution < -0.4 is 0 Å². The van der Waals surface area contributed by atoms with E-state index in [1.54, 1.807) is 36.4 Å². The second kappa shape index (κ2) is 9.73. The van der Waals surface area contributed by atoms with Crippen molar-refractivity contribution in [1.82, 2.24) is 4.90 Å². The SMILES string of the molecule is FC(F)(F)[C@H]1C[C@H](C(F)(F)F)CN(C(=Nc2ccccc2Cl)SCc2ccccc2)C1. The number of alkyl halides is 6. The quantitative estimate of drug-likeness (QED) is 0.260. The summed E-state index contributed by atoms with van der Waals surface area (Å²) in [5.41, 5.74) is 1.16. The maximum Gasteiger partial charge on any atom is 0.393 e. The van der Waals surface area contributed by atoms with Gasteiger partial charge in [0, 0.05) is 18.8 Å². The lowest BCUT2D eigenvalue weighted by Gasteiger charge is -2.40. The molecule has 0 saturated carbocycles. The molecule has 1 fully saturated rings. The molecule has 0 unspecified atom stereocenters. The van der Waals surface area contributed by atoms with Crippen molar-refractivity contribution in [2.45, 2.75) is 24.5 Å². The molecule has 2 aromatic rings. The summed E-state index contributed by atoms with van der Waals surface area (Å²) in [5.74, 6) is -3.85. The number of rotatable bonds is 3. The van der Waals surface area contributed by atoms with Crippen LogP contribution in [0.3, 0.4) is 0 Å². The molecule has 0 spiro atoms. The van der Waals surface area contributed by atoms with Crippen LogP contribution >= 0.6 is 23.4 Å². The van der Waals surface area contributed by atoms with Gasteiger partial charge in [-0.1, -0.05) is 65.8 Å². The number of likely N-dealkylation sites (tertiary alicyclic amines) is 1. The fourth-order valence-corrected chi connectivity index (χ4v) is 4.45.